The SMILES string of the molecule is CN(C)C(=O)/C=C/CCC(OC(=O)N(C)C)C(=O)Nc1cccn(Cc2nc3cc(F)ccc3n2CC2CC2)c1=O. The van der Waals surface area contributed by atoms with Crippen LogP contribution in [0.2, 0.25) is 0 Å². The molecular formula is C29H35FN6O5. The predicted molar refractivity (Wildman–Crippen MR) is 152 cm³/mol. The van der Waals surface area contributed by atoms with E-state index in [1.807, 2.05) is 4.57 Å². The van der Waals surface area contributed by atoms with Gasteiger partial charge in [-0.25, -0.2) is 14.2 Å². The number of likely N-dealkylation sites (N-methyl/N-ethyl adjacent to an activating group) is 1. The summed E-state index contributed by atoms with van der Waals surface area (Å²) in [5.74, 6) is -0.127. The summed E-state index contributed by atoms with van der Waals surface area (Å²) in [7, 11) is 6.23. The van der Waals surface area contributed by atoms with Gasteiger partial charge in [0.1, 0.15) is 17.3 Å². The Morgan fingerprint density at radius 3 is 2.61 bits per heavy atom. The van der Waals surface area contributed by atoms with Crippen LogP contribution in [0.25, 0.3) is 11.0 Å². The van der Waals surface area contributed by atoms with Gasteiger partial charge >= 0.3 is 6.09 Å². The highest BCUT2D eigenvalue weighted by molar-refractivity contribution is 5.95. The van der Waals surface area contributed by atoms with Crippen molar-refractivity contribution in [1.29, 1.82) is 0 Å². The normalized spacial score (nSPS) is 13.8. The number of hydrogen-bond donors (Lipinski definition) is 1. The monoisotopic (exact) mass is 566 g/mol. The second-order valence-corrected chi connectivity index (χ2v) is 10.5. The van der Waals surface area contributed by atoms with Gasteiger partial charge in [-0.15, -0.1) is 0 Å². The summed E-state index contributed by atoms with van der Waals surface area (Å²) in [6.45, 7) is 0.853. The molecule has 1 N–H and O–H groups in total. The molecule has 1 atom stereocenters. The molecule has 3 amide bonds. The molecule has 1 unspecified atom stereocenters. The summed E-state index contributed by atoms with van der Waals surface area (Å²) in [5.41, 5.74) is 0.867. The number of aromatic nitrogens is 3. The van der Waals surface area contributed by atoms with Crippen molar-refractivity contribution < 1.29 is 23.5 Å². The van der Waals surface area contributed by atoms with E-state index in [9.17, 15) is 23.6 Å². The lowest BCUT2D eigenvalue weighted by Gasteiger charge is -2.20. The third-order valence-corrected chi connectivity index (χ3v) is 6.71. The number of rotatable bonds is 11. The van der Waals surface area contributed by atoms with Crippen LogP contribution in [0.5, 0.6) is 0 Å². The number of benzene rings is 1. The molecule has 1 aromatic carbocycles. The third-order valence-electron chi connectivity index (χ3n) is 6.71. The predicted octanol–water partition coefficient (Wildman–Crippen LogP) is 3.23. The second-order valence-electron chi connectivity index (χ2n) is 10.5. The smallest absolute Gasteiger partial charge is 0.410 e. The van der Waals surface area contributed by atoms with Crippen LogP contribution in [0.15, 0.2) is 53.5 Å². The molecule has 2 aromatic heterocycles. The van der Waals surface area contributed by atoms with Crippen LogP contribution in [-0.4, -0.2) is 76.1 Å². The van der Waals surface area contributed by atoms with Crippen LogP contribution in [-0.2, 0) is 27.4 Å². The zero-order chi connectivity index (χ0) is 29.7. The maximum Gasteiger partial charge on any atom is 0.410 e. The maximum absolute atomic E-state index is 13.9. The minimum absolute atomic E-state index is 0.0117. The van der Waals surface area contributed by atoms with Crippen molar-refractivity contribution in [2.24, 2.45) is 5.92 Å². The lowest BCUT2D eigenvalue weighted by Crippen LogP contribution is -2.37. The van der Waals surface area contributed by atoms with E-state index >= 15 is 0 Å². The van der Waals surface area contributed by atoms with Gasteiger partial charge in [-0.05, 0) is 61.9 Å². The van der Waals surface area contributed by atoms with Gasteiger partial charge in [0, 0.05) is 47.0 Å². The molecule has 11 nitrogen and oxygen atoms in total. The average molecular weight is 567 g/mol. The Bertz CT molecular complexity index is 1520. The van der Waals surface area contributed by atoms with Crippen molar-refractivity contribution in [3.63, 3.8) is 0 Å². The Morgan fingerprint density at radius 1 is 1.17 bits per heavy atom. The summed E-state index contributed by atoms with van der Waals surface area (Å²) < 4.78 is 22.7. The van der Waals surface area contributed by atoms with Gasteiger partial charge in [0.05, 0.1) is 17.6 Å². The maximum atomic E-state index is 13.9. The molecule has 0 spiro atoms. The number of carbonyl (C=O) groups is 3. The number of ether oxygens (including phenoxy) is 1. The van der Waals surface area contributed by atoms with E-state index in [-0.39, 0.29) is 36.8 Å². The molecule has 3 aromatic rings. The van der Waals surface area contributed by atoms with E-state index in [1.165, 1.54) is 52.7 Å². The average Bonchev–Trinajstić information content (AvgIpc) is 3.68. The first-order valence-electron chi connectivity index (χ1n) is 13.4. The van der Waals surface area contributed by atoms with Gasteiger partial charge in [0.15, 0.2) is 6.10 Å². The lowest BCUT2D eigenvalue weighted by atomic mass is 10.1. The van der Waals surface area contributed by atoms with Gasteiger partial charge in [-0.2, -0.15) is 0 Å². The number of halogens is 1. The summed E-state index contributed by atoms with van der Waals surface area (Å²) in [6.07, 6.45) is 5.28. The highest BCUT2D eigenvalue weighted by atomic mass is 19.1. The van der Waals surface area contributed by atoms with Crippen molar-refractivity contribution >= 4 is 34.6 Å². The molecule has 218 valence electrons. The number of allylic oxidation sites excluding steroid dienone is 1. The van der Waals surface area contributed by atoms with Crippen molar-refractivity contribution in [3.05, 3.63) is 70.7 Å². The van der Waals surface area contributed by atoms with Crippen LogP contribution in [0.3, 0.4) is 0 Å². The number of anilines is 1. The lowest BCUT2D eigenvalue weighted by molar-refractivity contribution is -0.125. The van der Waals surface area contributed by atoms with Gasteiger partial charge < -0.3 is 29.0 Å². The van der Waals surface area contributed by atoms with E-state index < -0.39 is 23.7 Å². The molecule has 12 heteroatoms. The molecule has 0 saturated heterocycles. The molecule has 2 heterocycles. The van der Waals surface area contributed by atoms with Crippen molar-refractivity contribution in [3.8, 4) is 0 Å². The minimum Gasteiger partial charge on any atom is -0.436 e. The molecule has 0 aliphatic heterocycles. The van der Waals surface area contributed by atoms with E-state index in [4.69, 9.17) is 4.74 Å². The largest absolute Gasteiger partial charge is 0.436 e. The standard InChI is InChI=1S/C29H35FN6O5/c1-33(2)26(37)10-6-5-9-24(41-29(40)34(3)4)27(38)32-21-8-7-15-35(28(21)39)18-25-31-22-16-20(30)13-14-23(22)36(25)17-19-11-12-19/h6-8,10,13-16,19,24H,5,9,11-12,17-18H2,1-4H3,(H,32,38)/b10-6+. The fourth-order valence-electron chi connectivity index (χ4n) is 4.21. The Labute approximate surface area is 237 Å². The fourth-order valence-corrected chi connectivity index (χ4v) is 4.21. The molecule has 41 heavy (non-hydrogen) atoms. The zero-order valence-corrected chi connectivity index (χ0v) is 23.7. The number of nitrogens with one attached hydrogen (secondary N) is 1. The van der Waals surface area contributed by atoms with Crippen LogP contribution >= 0.6 is 0 Å². The molecular weight excluding hydrogens is 531 g/mol. The fraction of sp³-hybridized carbons (Fsp3) is 0.414. The van der Waals surface area contributed by atoms with E-state index in [0.29, 0.717) is 17.3 Å². The Balaban J connectivity index is 1.53. The number of imidazole rings is 1. The first kappa shape index (κ1) is 29.5. The van der Waals surface area contributed by atoms with Gasteiger partial charge in [0.25, 0.3) is 11.5 Å². The highest BCUT2D eigenvalue weighted by Gasteiger charge is 2.26. The topological polar surface area (TPSA) is 119 Å². The van der Waals surface area contributed by atoms with Gasteiger partial charge in [-0.3, -0.25) is 14.4 Å². The molecule has 0 radical (unpaired) electrons. The van der Waals surface area contributed by atoms with Gasteiger partial charge in [0.2, 0.25) is 5.91 Å². The van der Waals surface area contributed by atoms with Crippen molar-refractivity contribution in [2.45, 2.75) is 44.9 Å². The van der Waals surface area contributed by atoms with Crippen LogP contribution in [0, 0.1) is 11.7 Å². The van der Waals surface area contributed by atoms with Gasteiger partial charge in [-0.1, -0.05) is 6.08 Å². The number of carbonyl (C=O) groups excluding carboxylic acids is 3. The number of hydrogen-bond acceptors (Lipinski definition) is 6. The molecule has 1 aliphatic rings. The Morgan fingerprint density at radius 2 is 1.93 bits per heavy atom. The Hall–Kier alpha value is -4.48. The third kappa shape index (κ3) is 7.59. The first-order chi connectivity index (χ1) is 19.5. The number of amides is 3. The van der Waals surface area contributed by atoms with E-state index in [0.717, 1.165) is 24.9 Å². The van der Waals surface area contributed by atoms with Crippen molar-refractivity contribution in [1.82, 2.24) is 23.9 Å². The molecule has 0 bridgehead atoms. The summed E-state index contributed by atoms with van der Waals surface area (Å²) in [4.78, 5) is 57.7. The Kier molecular flexibility index (Phi) is 9.21. The highest BCUT2D eigenvalue weighted by Crippen LogP contribution is 2.32. The quantitative estimate of drug-likeness (QED) is 0.356. The van der Waals surface area contributed by atoms with E-state index in [2.05, 4.69) is 10.3 Å². The van der Waals surface area contributed by atoms with Crippen molar-refractivity contribution in [2.75, 3.05) is 33.5 Å². The van der Waals surface area contributed by atoms with Crippen LogP contribution < -0.4 is 10.9 Å². The summed E-state index contributed by atoms with van der Waals surface area (Å²) in [6, 6.07) is 7.57. The molecule has 1 saturated carbocycles. The number of fused-ring (bicyclic) bond motifs is 1. The van der Waals surface area contributed by atoms with Crippen LogP contribution in [0.4, 0.5) is 14.9 Å². The summed E-state index contributed by atoms with van der Waals surface area (Å²) in [5, 5.41) is 2.60. The second kappa shape index (κ2) is 12.8. The zero-order valence-electron chi connectivity index (χ0n) is 23.7. The first-order valence-corrected chi connectivity index (χ1v) is 13.4. The minimum atomic E-state index is -1.20. The van der Waals surface area contributed by atoms with E-state index in [1.54, 1.807) is 38.5 Å². The molecule has 1 fully saturated rings. The summed E-state index contributed by atoms with van der Waals surface area (Å²) >= 11 is 0. The number of nitrogens with zero attached hydrogens (tertiary/aromatic N) is 5. The molecule has 1 aliphatic carbocycles. The molecule has 4 rings (SSSR count). The number of pyridine rings is 1. The van der Waals surface area contributed by atoms with Crippen LogP contribution in [0.1, 0.15) is 31.5 Å².